The third kappa shape index (κ3) is 1.74. The molecule has 2 aromatic rings. The molecule has 2 heterocycles. The summed E-state index contributed by atoms with van der Waals surface area (Å²) in [6, 6.07) is 1.73. The Bertz CT molecular complexity index is 399. The monoisotopic (exact) mass is 191 g/mol. The van der Waals surface area contributed by atoms with Gasteiger partial charge < -0.3 is 9.84 Å². The first-order chi connectivity index (χ1) is 6.90. The van der Waals surface area contributed by atoms with Gasteiger partial charge in [-0.2, -0.15) is 4.98 Å². The molecule has 0 saturated carbocycles. The smallest absolute Gasteiger partial charge is 0.240 e. The Morgan fingerprint density at radius 3 is 3.14 bits per heavy atom. The van der Waals surface area contributed by atoms with Crippen molar-refractivity contribution in [1.82, 2.24) is 25.4 Å². The SMILES string of the molecule is CNCc1nc(-c2ccncn2)no1. The number of rotatable bonds is 3. The summed E-state index contributed by atoms with van der Waals surface area (Å²) in [7, 11) is 1.81. The van der Waals surface area contributed by atoms with Crippen LogP contribution in [0.4, 0.5) is 0 Å². The Kier molecular flexibility index (Phi) is 2.46. The van der Waals surface area contributed by atoms with Crippen molar-refractivity contribution >= 4 is 0 Å². The Labute approximate surface area is 80.4 Å². The second-order valence-electron chi connectivity index (χ2n) is 2.64. The number of nitrogens with zero attached hydrogens (tertiary/aromatic N) is 4. The van der Waals surface area contributed by atoms with Crippen LogP contribution in [0.25, 0.3) is 11.5 Å². The maximum Gasteiger partial charge on any atom is 0.240 e. The molecule has 0 atom stereocenters. The minimum atomic E-state index is 0.484. The largest absolute Gasteiger partial charge is 0.337 e. The van der Waals surface area contributed by atoms with Crippen molar-refractivity contribution in [3.8, 4) is 11.5 Å². The van der Waals surface area contributed by atoms with Gasteiger partial charge in [-0.25, -0.2) is 9.97 Å². The Morgan fingerprint density at radius 1 is 1.50 bits per heavy atom. The van der Waals surface area contributed by atoms with Crippen molar-refractivity contribution in [2.24, 2.45) is 0 Å². The summed E-state index contributed by atoms with van der Waals surface area (Å²) in [4.78, 5) is 11.9. The van der Waals surface area contributed by atoms with Crippen LogP contribution in [0.3, 0.4) is 0 Å². The molecule has 6 nitrogen and oxygen atoms in total. The van der Waals surface area contributed by atoms with Gasteiger partial charge in [0.05, 0.1) is 6.54 Å². The Morgan fingerprint density at radius 2 is 2.43 bits per heavy atom. The molecule has 6 heteroatoms. The molecule has 0 aromatic carbocycles. The summed E-state index contributed by atoms with van der Waals surface area (Å²) in [6.45, 7) is 0.554. The molecule has 2 aromatic heterocycles. The van der Waals surface area contributed by atoms with Gasteiger partial charge >= 0.3 is 0 Å². The predicted octanol–water partition coefficient (Wildman–Crippen LogP) is 0.246. The fraction of sp³-hybridized carbons (Fsp3) is 0.250. The molecule has 14 heavy (non-hydrogen) atoms. The Hall–Kier alpha value is -1.82. The molecule has 72 valence electrons. The molecular weight excluding hydrogens is 182 g/mol. The maximum absolute atomic E-state index is 4.98. The van der Waals surface area contributed by atoms with Crippen LogP contribution in [-0.2, 0) is 6.54 Å². The van der Waals surface area contributed by atoms with E-state index in [-0.39, 0.29) is 0 Å². The van der Waals surface area contributed by atoms with Gasteiger partial charge in [0.1, 0.15) is 12.0 Å². The highest BCUT2D eigenvalue weighted by Crippen LogP contribution is 2.10. The van der Waals surface area contributed by atoms with E-state index in [1.807, 2.05) is 7.05 Å². The van der Waals surface area contributed by atoms with E-state index >= 15 is 0 Å². The van der Waals surface area contributed by atoms with E-state index < -0.39 is 0 Å². The molecule has 0 amide bonds. The molecular formula is C8H9N5O. The summed E-state index contributed by atoms with van der Waals surface area (Å²) < 4.78 is 4.98. The summed E-state index contributed by atoms with van der Waals surface area (Å²) in [5.41, 5.74) is 0.658. The third-order valence-corrected chi connectivity index (χ3v) is 1.61. The van der Waals surface area contributed by atoms with Gasteiger partial charge in [0, 0.05) is 6.20 Å². The minimum Gasteiger partial charge on any atom is -0.337 e. The predicted molar refractivity (Wildman–Crippen MR) is 48.1 cm³/mol. The summed E-state index contributed by atoms with van der Waals surface area (Å²) >= 11 is 0. The number of nitrogens with one attached hydrogen (secondary N) is 1. The van der Waals surface area contributed by atoms with Crippen LogP contribution in [0.2, 0.25) is 0 Å². The van der Waals surface area contributed by atoms with Crippen LogP contribution in [0.5, 0.6) is 0 Å². The fourth-order valence-corrected chi connectivity index (χ4v) is 1.00. The van der Waals surface area contributed by atoms with Crippen molar-refractivity contribution in [2.75, 3.05) is 7.05 Å². The lowest BCUT2D eigenvalue weighted by atomic mass is 10.4. The highest BCUT2D eigenvalue weighted by atomic mass is 16.5. The standard InChI is InChI=1S/C8H9N5O/c1-9-4-7-12-8(13-14-7)6-2-3-10-5-11-6/h2-3,5,9H,4H2,1H3. The second-order valence-corrected chi connectivity index (χ2v) is 2.64. The zero-order valence-corrected chi connectivity index (χ0v) is 7.64. The lowest BCUT2D eigenvalue weighted by molar-refractivity contribution is 0.372. The average molecular weight is 191 g/mol. The molecule has 0 aliphatic heterocycles. The number of hydrogen-bond donors (Lipinski definition) is 1. The highest BCUT2D eigenvalue weighted by molar-refractivity contribution is 5.46. The van der Waals surface area contributed by atoms with Gasteiger partial charge in [0.2, 0.25) is 11.7 Å². The van der Waals surface area contributed by atoms with Crippen molar-refractivity contribution in [3.63, 3.8) is 0 Å². The van der Waals surface area contributed by atoms with Crippen LogP contribution >= 0.6 is 0 Å². The molecule has 2 rings (SSSR count). The van der Waals surface area contributed by atoms with Crippen LogP contribution in [-0.4, -0.2) is 27.2 Å². The lowest BCUT2D eigenvalue weighted by Crippen LogP contribution is -2.04. The van der Waals surface area contributed by atoms with E-state index in [4.69, 9.17) is 4.52 Å². The number of aromatic nitrogens is 4. The molecule has 0 fully saturated rings. The molecule has 0 unspecified atom stereocenters. The average Bonchev–Trinajstić information content (AvgIpc) is 2.68. The van der Waals surface area contributed by atoms with Gasteiger partial charge in [-0.05, 0) is 13.1 Å². The molecule has 1 N–H and O–H groups in total. The first-order valence-corrected chi connectivity index (χ1v) is 4.13. The minimum absolute atomic E-state index is 0.484. The molecule has 0 aliphatic rings. The lowest BCUT2D eigenvalue weighted by Gasteiger charge is -1.89. The zero-order chi connectivity index (χ0) is 9.80. The molecule has 0 saturated heterocycles. The quantitative estimate of drug-likeness (QED) is 0.749. The zero-order valence-electron chi connectivity index (χ0n) is 7.64. The summed E-state index contributed by atoms with van der Waals surface area (Å²) in [5, 5.41) is 6.71. The van der Waals surface area contributed by atoms with Crippen molar-refractivity contribution < 1.29 is 4.52 Å². The molecule has 0 bridgehead atoms. The molecule has 0 radical (unpaired) electrons. The maximum atomic E-state index is 4.98. The summed E-state index contributed by atoms with van der Waals surface area (Å²) in [6.07, 6.45) is 3.08. The van der Waals surface area contributed by atoms with Gasteiger partial charge in [0.15, 0.2) is 0 Å². The first kappa shape index (κ1) is 8.76. The molecule has 0 spiro atoms. The molecule has 0 aliphatic carbocycles. The van der Waals surface area contributed by atoms with Gasteiger partial charge in [-0.3, -0.25) is 0 Å². The summed E-state index contributed by atoms with van der Waals surface area (Å²) in [5.74, 6) is 1.03. The Balaban J connectivity index is 2.25. The topological polar surface area (TPSA) is 76.7 Å². The van der Waals surface area contributed by atoms with Gasteiger partial charge in [0.25, 0.3) is 0 Å². The first-order valence-electron chi connectivity index (χ1n) is 4.13. The van der Waals surface area contributed by atoms with Gasteiger partial charge in [-0.1, -0.05) is 5.16 Å². The van der Waals surface area contributed by atoms with Crippen molar-refractivity contribution in [1.29, 1.82) is 0 Å². The van der Waals surface area contributed by atoms with E-state index in [1.165, 1.54) is 6.33 Å². The van der Waals surface area contributed by atoms with E-state index in [9.17, 15) is 0 Å². The van der Waals surface area contributed by atoms with Crippen molar-refractivity contribution in [3.05, 3.63) is 24.5 Å². The van der Waals surface area contributed by atoms with E-state index in [2.05, 4.69) is 25.4 Å². The van der Waals surface area contributed by atoms with Crippen LogP contribution in [0.15, 0.2) is 23.1 Å². The normalized spacial score (nSPS) is 10.4. The third-order valence-electron chi connectivity index (χ3n) is 1.61. The highest BCUT2D eigenvalue weighted by Gasteiger charge is 2.07. The van der Waals surface area contributed by atoms with Gasteiger partial charge in [-0.15, -0.1) is 0 Å². The number of hydrogen-bond acceptors (Lipinski definition) is 6. The van der Waals surface area contributed by atoms with Crippen molar-refractivity contribution in [2.45, 2.75) is 6.54 Å². The van der Waals surface area contributed by atoms with E-state index in [1.54, 1.807) is 12.3 Å². The fourth-order valence-electron chi connectivity index (χ4n) is 1.00. The second kappa shape index (κ2) is 3.93. The van der Waals surface area contributed by atoms with E-state index in [0.29, 0.717) is 24.0 Å². The van der Waals surface area contributed by atoms with Crippen LogP contribution < -0.4 is 5.32 Å². The van der Waals surface area contributed by atoms with E-state index in [0.717, 1.165) is 0 Å². The van der Waals surface area contributed by atoms with Crippen LogP contribution in [0, 0.1) is 0 Å². The van der Waals surface area contributed by atoms with Crippen LogP contribution in [0.1, 0.15) is 5.89 Å².